The van der Waals surface area contributed by atoms with Crippen LogP contribution >= 0.6 is 0 Å². The summed E-state index contributed by atoms with van der Waals surface area (Å²) in [6, 6.07) is 5.36. The smallest absolute Gasteiger partial charge is 0.283 e. The van der Waals surface area contributed by atoms with Crippen LogP contribution in [0.4, 0.5) is 13.2 Å². The molecule has 28 heavy (non-hydrogen) atoms. The molecule has 0 radical (unpaired) electrons. The minimum atomic E-state index is -3.03. The monoisotopic (exact) mass is 391 g/mol. The van der Waals surface area contributed by atoms with Crippen molar-refractivity contribution >= 4 is 11.5 Å². The number of nitrogens with zero attached hydrogens (tertiary/aromatic N) is 3. The molecule has 0 aliphatic heterocycles. The molecule has 1 unspecified atom stereocenters. The van der Waals surface area contributed by atoms with E-state index in [2.05, 4.69) is 11.7 Å². The Labute approximate surface area is 162 Å². The molecule has 1 heterocycles. The van der Waals surface area contributed by atoms with E-state index in [4.69, 9.17) is 0 Å². The number of amides is 1. The Bertz CT molecular complexity index is 931. The van der Waals surface area contributed by atoms with E-state index in [1.54, 1.807) is 6.92 Å². The van der Waals surface area contributed by atoms with Crippen molar-refractivity contribution in [3.63, 3.8) is 0 Å². The van der Waals surface area contributed by atoms with Crippen molar-refractivity contribution in [1.29, 1.82) is 0 Å². The second kappa shape index (κ2) is 7.45. The van der Waals surface area contributed by atoms with Gasteiger partial charge in [0.2, 0.25) is 5.95 Å². The van der Waals surface area contributed by atoms with Crippen LogP contribution in [-0.4, -0.2) is 32.7 Å². The minimum Gasteiger partial charge on any atom is -0.329 e. The van der Waals surface area contributed by atoms with Gasteiger partial charge in [-0.1, -0.05) is 30.3 Å². The standard InChI is InChI=1S/C21H24F3N3O/c1-11-6-7-12(2)16(10-11)13(3)14(4)27(15-8-9-15)21(28)17-18(19(22)23)25-26(5)20(17)24/h6-7,10,14-15,19H,3,8-9H2,1-2,4-5H3. The number of carbonyl (C=O) groups excluding carboxylic acids is 1. The van der Waals surface area contributed by atoms with Crippen LogP contribution in [0.5, 0.6) is 0 Å². The molecule has 2 aromatic rings. The molecule has 0 saturated heterocycles. The third kappa shape index (κ3) is 3.57. The zero-order chi connectivity index (χ0) is 20.7. The summed E-state index contributed by atoms with van der Waals surface area (Å²) < 4.78 is 41.9. The number of aromatic nitrogens is 2. The topological polar surface area (TPSA) is 38.1 Å². The number of hydrogen-bond donors (Lipinski definition) is 0. The molecule has 3 rings (SSSR count). The highest BCUT2D eigenvalue weighted by Gasteiger charge is 2.41. The van der Waals surface area contributed by atoms with Crippen molar-refractivity contribution in [3.8, 4) is 0 Å². The highest BCUT2D eigenvalue weighted by Crippen LogP contribution is 2.36. The molecule has 0 bridgehead atoms. The molecular formula is C21H24F3N3O. The van der Waals surface area contributed by atoms with E-state index in [0.717, 1.165) is 29.5 Å². The van der Waals surface area contributed by atoms with Crippen LogP contribution in [0.15, 0.2) is 24.8 Å². The fourth-order valence-corrected chi connectivity index (χ4v) is 3.49. The molecule has 1 atom stereocenters. The van der Waals surface area contributed by atoms with Gasteiger partial charge in [-0.15, -0.1) is 0 Å². The van der Waals surface area contributed by atoms with Crippen LogP contribution < -0.4 is 0 Å². The van der Waals surface area contributed by atoms with E-state index in [-0.39, 0.29) is 6.04 Å². The number of aryl methyl sites for hydroxylation is 3. The summed E-state index contributed by atoms with van der Waals surface area (Å²) in [4.78, 5) is 14.7. The summed E-state index contributed by atoms with van der Waals surface area (Å²) in [5, 5.41) is 3.50. The largest absolute Gasteiger partial charge is 0.329 e. The zero-order valence-electron chi connectivity index (χ0n) is 16.5. The molecule has 4 nitrogen and oxygen atoms in total. The average Bonchev–Trinajstić information content (AvgIpc) is 3.42. The lowest BCUT2D eigenvalue weighted by molar-refractivity contribution is 0.0698. The third-order valence-electron chi connectivity index (χ3n) is 5.26. The van der Waals surface area contributed by atoms with Crippen molar-refractivity contribution in [2.75, 3.05) is 0 Å². The Morgan fingerprint density at radius 1 is 1.32 bits per heavy atom. The Hall–Kier alpha value is -2.57. The van der Waals surface area contributed by atoms with Gasteiger partial charge in [-0.3, -0.25) is 4.79 Å². The first-order chi connectivity index (χ1) is 13.1. The quantitative estimate of drug-likeness (QED) is 0.708. The molecule has 7 heteroatoms. The first-order valence-corrected chi connectivity index (χ1v) is 9.23. The van der Waals surface area contributed by atoms with E-state index in [1.807, 2.05) is 32.0 Å². The predicted molar refractivity (Wildman–Crippen MR) is 102 cm³/mol. The van der Waals surface area contributed by atoms with Gasteiger partial charge in [0.05, 0.1) is 6.04 Å². The lowest BCUT2D eigenvalue weighted by Gasteiger charge is -2.31. The number of halogens is 3. The van der Waals surface area contributed by atoms with Crippen molar-refractivity contribution in [3.05, 3.63) is 58.7 Å². The van der Waals surface area contributed by atoms with Crippen molar-refractivity contribution in [2.45, 2.75) is 52.1 Å². The Morgan fingerprint density at radius 2 is 1.96 bits per heavy atom. The lowest BCUT2D eigenvalue weighted by atomic mass is 9.94. The lowest BCUT2D eigenvalue weighted by Crippen LogP contribution is -2.41. The Morgan fingerprint density at radius 3 is 2.54 bits per heavy atom. The van der Waals surface area contributed by atoms with Gasteiger partial charge in [0, 0.05) is 13.1 Å². The summed E-state index contributed by atoms with van der Waals surface area (Å²) in [6.07, 6.45) is -1.53. The van der Waals surface area contributed by atoms with E-state index in [9.17, 15) is 18.0 Å². The Kier molecular flexibility index (Phi) is 5.37. The molecule has 1 aliphatic carbocycles. The van der Waals surface area contributed by atoms with Gasteiger partial charge in [-0.25, -0.2) is 13.5 Å². The molecule has 1 fully saturated rings. The summed E-state index contributed by atoms with van der Waals surface area (Å²) in [5.74, 6) is -1.81. The second-order valence-corrected chi connectivity index (χ2v) is 7.44. The van der Waals surface area contributed by atoms with Crippen LogP contribution in [0.2, 0.25) is 0 Å². The highest BCUT2D eigenvalue weighted by atomic mass is 19.3. The molecule has 1 aliphatic rings. The fourth-order valence-electron chi connectivity index (χ4n) is 3.49. The summed E-state index contributed by atoms with van der Waals surface area (Å²) in [5.41, 5.74) is 2.20. The van der Waals surface area contributed by atoms with Crippen molar-refractivity contribution < 1.29 is 18.0 Å². The van der Waals surface area contributed by atoms with Crippen LogP contribution in [0.1, 0.15) is 58.9 Å². The number of rotatable bonds is 6. The molecule has 0 spiro atoms. The number of hydrogen-bond acceptors (Lipinski definition) is 2. The van der Waals surface area contributed by atoms with Gasteiger partial charge < -0.3 is 4.90 Å². The van der Waals surface area contributed by atoms with E-state index in [1.165, 1.54) is 11.9 Å². The number of benzene rings is 1. The molecular weight excluding hydrogens is 367 g/mol. The predicted octanol–water partition coefficient (Wildman–Crippen LogP) is 4.82. The van der Waals surface area contributed by atoms with Crippen LogP contribution in [0.25, 0.3) is 5.57 Å². The zero-order valence-corrected chi connectivity index (χ0v) is 16.5. The maximum atomic E-state index is 14.5. The van der Waals surface area contributed by atoms with Crippen molar-refractivity contribution in [1.82, 2.24) is 14.7 Å². The molecule has 150 valence electrons. The van der Waals surface area contributed by atoms with E-state index in [0.29, 0.717) is 10.3 Å². The molecule has 1 amide bonds. The van der Waals surface area contributed by atoms with Crippen molar-refractivity contribution in [2.24, 2.45) is 7.05 Å². The van der Waals surface area contributed by atoms with Gasteiger partial charge in [0.25, 0.3) is 12.3 Å². The normalized spacial score (nSPS) is 15.0. The van der Waals surface area contributed by atoms with Gasteiger partial charge in [-0.2, -0.15) is 9.49 Å². The minimum absolute atomic E-state index is 0.116. The van der Waals surface area contributed by atoms with Gasteiger partial charge in [0.15, 0.2) is 0 Å². The van der Waals surface area contributed by atoms with Gasteiger partial charge >= 0.3 is 0 Å². The first-order valence-electron chi connectivity index (χ1n) is 9.23. The van der Waals surface area contributed by atoms with E-state index >= 15 is 0 Å². The summed E-state index contributed by atoms with van der Waals surface area (Å²) in [6.45, 7) is 9.88. The fraction of sp³-hybridized carbons (Fsp3) is 0.429. The first kappa shape index (κ1) is 20.2. The maximum absolute atomic E-state index is 14.5. The molecule has 0 N–H and O–H groups in total. The number of alkyl halides is 2. The van der Waals surface area contributed by atoms with E-state index < -0.39 is 35.6 Å². The van der Waals surface area contributed by atoms with Crippen LogP contribution in [0.3, 0.4) is 0 Å². The van der Waals surface area contributed by atoms with Gasteiger partial charge in [-0.05, 0) is 50.3 Å². The second-order valence-electron chi connectivity index (χ2n) is 7.44. The summed E-state index contributed by atoms with van der Waals surface area (Å²) in [7, 11) is 1.21. The molecule has 1 saturated carbocycles. The number of carbonyl (C=O) groups is 1. The average molecular weight is 391 g/mol. The van der Waals surface area contributed by atoms with Gasteiger partial charge in [0.1, 0.15) is 11.3 Å². The Balaban J connectivity index is 2.00. The van der Waals surface area contributed by atoms with Crippen LogP contribution in [-0.2, 0) is 7.05 Å². The molecule has 1 aromatic carbocycles. The third-order valence-corrected chi connectivity index (χ3v) is 5.26. The SMILES string of the molecule is C=C(c1cc(C)ccc1C)C(C)N(C(=O)c1c(C(F)F)nn(C)c1F)C1CC1. The summed E-state index contributed by atoms with van der Waals surface area (Å²) >= 11 is 0. The molecule has 1 aromatic heterocycles. The maximum Gasteiger partial charge on any atom is 0.283 e. The highest BCUT2D eigenvalue weighted by molar-refractivity contribution is 5.97. The van der Waals surface area contributed by atoms with Crippen LogP contribution in [0, 0.1) is 19.8 Å².